The predicted molar refractivity (Wildman–Crippen MR) is 47.0 cm³/mol. The normalized spacial score (nSPS) is 36.1. The maximum Gasteiger partial charge on any atom is 0.311 e. The van der Waals surface area contributed by atoms with Crippen molar-refractivity contribution in [3.05, 3.63) is 0 Å². The van der Waals surface area contributed by atoms with Crippen molar-refractivity contribution in [2.75, 3.05) is 7.11 Å². The van der Waals surface area contributed by atoms with Crippen LogP contribution in [0.4, 0.5) is 0 Å². The minimum absolute atomic E-state index is 0.187. The Kier molecular flexibility index (Phi) is 3.35. The molecule has 12 heavy (non-hydrogen) atoms. The van der Waals surface area contributed by atoms with Gasteiger partial charge in [-0.05, 0) is 19.8 Å². The van der Waals surface area contributed by atoms with Crippen LogP contribution < -0.4 is 5.32 Å². The summed E-state index contributed by atoms with van der Waals surface area (Å²) in [6, 6.07) is 0.397. The third-order valence-electron chi connectivity index (χ3n) is 2.21. The van der Waals surface area contributed by atoms with E-state index < -0.39 is 0 Å². The zero-order valence-corrected chi connectivity index (χ0v) is 8.10. The summed E-state index contributed by atoms with van der Waals surface area (Å²) in [5, 5.41) is 3.11. The van der Waals surface area contributed by atoms with E-state index >= 15 is 0 Å². The van der Waals surface area contributed by atoms with Crippen LogP contribution in [0.15, 0.2) is 0 Å². The molecular formula is C8H14ClNO2. The van der Waals surface area contributed by atoms with Crippen LogP contribution in [0.2, 0.25) is 0 Å². The summed E-state index contributed by atoms with van der Waals surface area (Å²) < 4.78 is 4.63. The minimum atomic E-state index is -0.277. The second-order valence-electron chi connectivity index (χ2n) is 3.18. The van der Waals surface area contributed by atoms with Crippen LogP contribution in [0.25, 0.3) is 0 Å². The van der Waals surface area contributed by atoms with E-state index in [-0.39, 0.29) is 17.4 Å². The van der Waals surface area contributed by atoms with Gasteiger partial charge in [0.05, 0.1) is 18.5 Å². The van der Waals surface area contributed by atoms with Gasteiger partial charge in [-0.1, -0.05) is 0 Å². The molecule has 1 fully saturated rings. The molecule has 3 atom stereocenters. The maximum absolute atomic E-state index is 11.1. The van der Waals surface area contributed by atoms with E-state index in [4.69, 9.17) is 11.6 Å². The fraction of sp³-hybridized carbons (Fsp3) is 0.875. The van der Waals surface area contributed by atoms with Crippen LogP contribution >= 0.6 is 11.6 Å². The van der Waals surface area contributed by atoms with E-state index in [0.717, 1.165) is 12.8 Å². The molecule has 4 heteroatoms. The van der Waals surface area contributed by atoms with Gasteiger partial charge in [-0.25, -0.2) is 0 Å². The molecule has 0 amide bonds. The number of alkyl halides is 1. The number of carbonyl (C=O) groups excluding carboxylic acids is 1. The van der Waals surface area contributed by atoms with Gasteiger partial charge in [-0.2, -0.15) is 0 Å². The highest BCUT2D eigenvalue weighted by Crippen LogP contribution is 2.23. The highest BCUT2D eigenvalue weighted by molar-refractivity contribution is 6.21. The first-order valence-corrected chi connectivity index (χ1v) is 4.56. The summed E-state index contributed by atoms with van der Waals surface area (Å²) in [4.78, 5) is 11.1. The van der Waals surface area contributed by atoms with Crippen molar-refractivity contribution in [2.24, 2.45) is 5.92 Å². The van der Waals surface area contributed by atoms with Gasteiger partial charge in [0.1, 0.15) is 0 Å². The standard InChI is InChI=1S/C8H14ClNO2/c1-5-3-4-6(7(9)10-5)8(11)12-2/h5-7,10H,3-4H2,1-2H3/t5-,6-,7?/m1/s1. The van der Waals surface area contributed by atoms with E-state index in [1.807, 2.05) is 0 Å². The van der Waals surface area contributed by atoms with E-state index in [9.17, 15) is 4.79 Å². The lowest BCUT2D eigenvalue weighted by molar-refractivity contribution is -0.146. The molecule has 0 saturated carbocycles. The van der Waals surface area contributed by atoms with Crippen molar-refractivity contribution < 1.29 is 9.53 Å². The minimum Gasteiger partial charge on any atom is -0.469 e. The van der Waals surface area contributed by atoms with Crippen LogP contribution in [0.1, 0.15) is 19.8 Å². The highest BCUT2D eigenvalue weighted by atomic mass is 35.5. The Morgan fingerprint density at radius 2 is 2.25 bits per heavy atom. The molecule has 1 N–H and O–H groups in total. The lowest BCUT2D eigenvalue weighted by atomic mass is 9.95. The van der Waals surface area contributed by atoms with E-state index in [1.54, 1.807) is 0 Å². The average Bonchev–Trinajstić information content (AvgIpc) is 2.03. The average molecular weight is 192 g/mol. The Balaban J connectivity index is 2.50. The third-order valence-corrected chi connectivity index (χ3v) is 2.64. The first-order valence-electron chi connectivity index (χ1n) is 4.13. The molecule has 0 radical (unpaired) electrons. The molecule has 0 spiro atoms. The molecule has 0 bridgehead atoms. The van der Waals surface area contributed by atoms with Gasteiger partial charge in [-0.15, -0.1) is 11.6 Å². The van der Waals surface area contributed by atoms with Gasteiger partial charge in [0.15, 0.2) is 0 Å². The summed E-state index contributed by atoms with van der Waals surface area (Å²) in [5.74, 6) is -0.401. The number of esters is 1. The Bertz CT molecular complexity index is 174. The summed E-state index contributed by atoms with van der Waals surface area (Å²) in [5.41, 5.74) is -0.277. The maximum atomic E-state index is 11.1. The van der Waals surface area contributed by atoms with Gasteiger partial charge in [0.2, 0.25) is 0 Å². The number of methoxy groups -OCH3 is 1. The molecule has 1 rings (SSSR count). The van der Waals surface area contributed by atoms with Gasteiger partial charge >= 0.3 is 5.97 Å². The SMILES string of the molecule is COC(=O)[C@@H]1CC[C@@H](C)NC1Cl. The van der Waals surface area contributed by atoms with E-state index in [2.05, 4.69) is 17.0 Å². The molecule has 1 heterocycles. The molecule has 0 aromatic heterocycles. The summed E-state index contributed by atoms with van der Waals surface area (Å²) in [6.07, 6.45) is 1.79. The molecular weight excluding hydrogens is 178 g/mol. The van der Waals surface area contributed by atoms with E-state index in [0.29, 0.717) is 6.04 Å². The Morgan fingerprint density at radius 3 is 2.75 bits per heavy atom. The number of ether oxygens (including phenoxy) is 1. The van der Waals surface area contributed by atoms with E-state index in [1.165, 1.54) is 7.11 Å². The zero-order chi connectivity index (χ0) is 9.14. The molecule has 1 unspecified atom stereocenters. The zero-order valence-electron chi connectivity index (χ0n) is 7.34. The van der Waals surface area contributed by atoms with Crippen LogP contribution in [0.5, 0.6) is 0 Å². The number of carbonyl (C=O) groups is 1. The number of hydrogen-bond acceptors (Lipinski definition) is 3. The Hall–Kier alpha value is -0.280. The van der Waals surface area contributed by atoms with Crippen LogP contribution in [0.3, 0.4) is 0 Å². The molecule has 0 aromatic rings. The highest BCUT2D eigenvalue weighted by Gasteiger charge is 2.32. The van der Waals surface area contributed by atoms with Crippen LogP contribution in [-0.2, 0) is 9.53 Å². The lowest BCUT2D eigenvalue weighted by Gasteiger charge is -2.30. The number of nitrogens with one attached hydrogen (secondary N) is 1. The number of piperidine rings is 1. The monoisotopic (exact) mass is 191 g/mol. The topological polar surface area (TPSA) is 38.3 Å². The molecule has 3 nitrogen and oxygen atoms in total. The number of hydrogen-bond donors (Lipinski definition) is 1. The molecule has 0 aliphatic carbocycles. The fourth-order valence-electron chi connectivity index (χ4n) is 1.44. The number of halogens is 1. The van der Waals surface area contributed by atoms with Crippen molar-refractivity contribution in [1.82, 2.24) is 5.32 Å². The summed E-state index contributed by atoms with van der Waals surface area (Å²) in [6.45, 7) is 2.06. The van der Waals surface area contributed by atoms with Crippen LogP contribution in [-0.4, -0.2) is 24.6 Å². The third kappa shape index (κ3) is 2.11. The van der Waals surface area contributed by atoms with Crippen LogP contribution in [0, 0.1) is 5.92 Å². The Morgan fingerprint density at radius 1 is 1.58 bits per heavy atom. The molecule has 1 aliphatic rings. The summed E-state index contributed by atoms with van der Waals surface area (Å²) in [7, 11) is 1.39. The van der Waals surface area contributed by atoms with Crippen molar-refractivity contribution in [3.63, 3.8) is 0 Å². The van der Waals surface area contributed by atoms with Gasteiger partial charge in [0.25, 0.3) is 0 Å². The molecule has 1 saturated heterocycles. The number of rotatable bonds is 1. The second-order valence-corrected chi connectivity index (χ2v) is 3.65. The first-order chi connectivity index (χ1) is 5.65. The molecule has 1 aliphatic heterocycles. The van der Waals surface area contributed by atoms with Crippen molar-refractivity contribution in [1.29, 1.82) is 0 Å². The van der Waals surface area contributed by atoms with Gasteiger partial charge in [0, 0.05) is 6.04 Å². The smallest absolute Gasteiger partial charge is 0.311 e. The molecule has 0 aromatic carbocycles. The predicted octanol–water partition coefficient (Wildman–Crippen LogP) is 1.11. The van der Waals surface area contributed by atoms with Gasteiger partial charge < -0.3 is 4.74 Å². The summed E-state index contributed by atoms with van der Waals surface area (Å²) >= 11 is 5.94. The van der Waals surface area contributed by atoms with Gasteiger partial charge in [-0.3, -0.25) is 10.1 Å². The van der Waals surface area contributed by atoms with Crippen molar-refractivity contribution in [2.45, 2.75) is 31.3 Å². The largest absolute Gasteiger partial charge is 0.469 e. The molecule has 70 valence electrons. The van der Waals surface area contributed by atoms with Crippen molar-refractivity contribution in [3.8, 4) is 0 Å². The fourth-order valence-corrected chi connectivity index (χ4v) is 1.88. The van der Waals surface area contributed by atoms with Crippen molar-refractivity contribution >= 4 is 17.6 Å². The lowest BCUT2D eigenvalue weighted by Crippen LogP contribution is -2.46. The first kappa shape index (κ1) is 9.81. The Labute approximate surface area is 77.4 Å². The second kappa shape index (κ2) is 4.10. The quantitative estimate of drug-likeness (QED) is 0.384.